The molecule has 0 aliphatic rings. The largest absolute Gasteiger partial charge is 0.310 e. The van der Waals surface area contributed by atoms with Crippen LogP contribution >= 0.6 is 0 Å². The second kappa shape index (κ2) is 5.59. The fourth-order valence-electron chi connectivity index (χ4n) is 1.79. The molecule has 0 aliphatic carbocycles. The summed E-state index contributed by atoms with van der Waals surface area (Å²) < 4.78 is 1.94. The van der Waals surface area contributed by atoms with Gasteiger partial charge in [-0.3, -0.25) is 9.67 Å². The number of nitrogens with one attached hydrogen (secondary N) is 1. The fourth-order valence-corrected chi connectivity index (χ4v) is 1.79. The van der Waals surface area contributed by atoms with Crippen molar-refractivity contribution in [3.63, 3.8) is 0 Å². The van der Waals surface area contributed by atoms with Crippen molar-refractivity contribution in [2.24, 2.45) is 0 Å². The summed E-state index contributed by atoms with van der Waals surface area (Å²) in [5, 5.41) is 7.74. The highest BCUT2D eigenvalue weighted by molar-refractivity contribution is 5.12. The lowest BCUT2D eigenvalue weighted by molar-refractivity contribution is 0.596. The van der Waals surface area contributed by atoms with Crippen molar-refractivity contribution >= 4 is 0 Å². The SMILES string of the molecule is CCNC(C)c1cnn(Cc2cccnc2)c1. The van der Waals surface area contributed by atoms with E-state index in [1.54, 1.807) is 6.20 Å². The van der Waals surface area contributed by atoms with E-state index in [2.05, 4.69) is 41.5 Å². The summed E-state index contributed by atoms with van der Waals surface area (Å²) in [6.07, 6.45) is 7.66. The Morgan fingerprint density at radius 2 is 2.29 bits per heavy atom. The molecule has 0 aliphatic heterocycles. The van der Waals surface area contributed by atoms with Crippen LogP contribution in [0.5, 0.6) is 0 Å². The first-order valence-corrected chi connectivity index (χ1v) is 5.94. The van der Waals surface area contributed by atoms with Gasteiger partial charge < -0.3 is 5.32 Å². The molecule has 0 spiro atoms. The number of hydrogen-bond donors (Lipinski definition) is 1. The summed E-state index contributed by atoms with van der Waals surface area (Å²) in [6, 6.07) is 4.35. The van der Waals surface area contributed by atoms with Gasteiger partial charge in [-0.15, -0.1) is 0 Å². The number of hydrogen-bond acceptors (Lipinski definition) is 3. The zero-order valence-corrected chi connectivity index (χ0v) is 10.3. The smallest absolute Gasteiger partial charge is 0.0674 e. The lowest BCUT2D eigenvalue weighted by Crippen LogP contribution is -2.17. The first-order valence-electron chi connectivity index (χ1n) is 5.94. The van der Waals surface area contributed by atoms with Crippen molar-refractivity contribution in [1.82, 2.24) is 20.1 Å². The minimum absolute atomic E-state index is 0.350. The van der Waals surface area contributed by atoms with Crippen molar-refractivity contribution in [1.29, 1.82) is 0 Å². The Morgan fingerprint density at radius 3 is 3.00 bits per heavy atom. The Morgan fingerprint density at radius 1 is 1.41 bits per heavy atom. The molecule has 2 rings (SSSR count). The second-order valence-electron chi connectivity index (χ2n) is 4.11. The summed E-state index contributed by atoms with van der Waals surface area (Å²) in [5.41, 5.74) is 2.38. The predicted octanol–water partition coefficient (Wildman–Crippen LogP) is 2.00. The summed E-state index contributed by atoms with van der Waals surface area (Å²) in [6.45, 7) is 5.99. The summed E-state index contributed by atoms with van der Waals surface area (Å²) in [7, 11) is 0. The van der Waals surface area contributed by atoms with E-state index in [1.165, 1.54) is 11.1 Å². The van der Waals surface area contributed by atoms with Gasteiger partial charge in [-0.05, 0) is 25.1 Å². The molecule has 0 aromatic carbocycles. The molecule has 1 N–H and O–H groups in total. The van der Waals surface area contributed by atoms with Gasteiger partial charge in [0.05, 0.1) is 12.7 Å². The molecule has 90 valence electrons. The molecule has 0 saturated carbocycles. The molecule has 0 fully saturated rings. The number of pyridine rings is 1. The van der Waals surface area contributed by atoms with E-state index in [4.69, 9.17) is 0 Å². The molecule has 1 unspecified atom stereocenters. The molecule has 2 aromatic rings. The van der Waals surface area contributed by atoms with Gasteiger partial charge in [0.1, 0.15) is 0 Å². The zero-order chi connectivity index (χ0) is 12.1. The molecule has 2 heterocycles. The van der Waals surface area contributed by atoms with E-state index in [0.29, 0.717) is 6.04 Å². The molecule has 0 bridgehead atoms. The monoisotopic (exact) mass is 230 g/mol. The summed E-state index contributed by atoms with van der Waals surface area (Å²) >= 11 is 0. The van der Waals surface area contributed by atoms with Gasteiger partial charge in [-0.25, -0.2) is 0 Å². The number of aromatic nitrogens is 3. The highest BCUT2D eigenvalue weighted by atomic mass is 15.3. The van der Waals surface area contributed by atoms with Crippen LogP contribution in [-0.2, 0) is 6.54 Å². The van der Waals surface area contributed by atoms with Gasteiger partial charge in [-0.1, -0.05) is 13.0 Å². The average molecular weight is 230 g/mol. The molecule has 2 aromatic heterocycles. The summed E-state index contributed by atoms with van der Waals surface area (Å²) in [4.78, 5) is 4.10. The maximum Gasteiger partial charge on any atom is 0.0674 e. The van der Waals surface area contributed by atoms with E-state index in [9.17, 15) is 0 Å². The Kier molecular flexibility index (Phi) is 3.88. The van der Waals surface area contributed by atoms with Crippen molar-refractivity contribution in [3.8, 4) is 0 Å². The van der Waals surface area contributed by atoms with Gasteiger partial charge in [0.2, 0.25) is 0 Å². The quantitative estimate of drug-likeness (QED) is 0.854. The Hall–Kier alpha value is -1.68. The highest BCUT2D eigenvalue weighted by Crippen LogP contribution is 2.11. The Balaban J connectivity index is 2.04. The third kappa shape index (κ3) is 3.14. The van der Waals surface area contributed by atoms with Crippen molar-refractivity contribution < 1.29 is 0 Å². The van der Waals surface area contributed by atoms with Crippen LogP contribution in [0.3, 0.4) is 0 Å². The highest BCUT2D eigenvalue weighted by Gasteiger charge is 2.06. The Bertz CT molecular complexity index is 449. The molecule has 0 saturated heterocycles. The van der Waals surface area contributed by atoms with Crippen molar-refractivity contribution in [3.05, 3.63) is 48.0 Å². The topological polar surface area (TPSA) is 42.7 Å². The molecule has 0 radical (unpaired) electrons. The maximum absolute atomic E-state index is 4.36. The molecular formula is C13H18N4. The minimum Gasteiger partial charge on any atom is -0.310 e. The van der Waals surface area contributed by atoms with Gasteiger partial charge in [0.15, 0.2) is 0 Å². The normalized spacial score (nSPS) is 12.6. The maximum atomic E-state index is 4.36. The average Bonchev–Trinajstić information content (AvgIpc) is 2.79. The molecule has 4 nitrogen and oxygen atoms in total. The van der Waals surface area contributed by atoms with Crippen LogP contribution in [0.1, 0.15) is 31.0 Å². The van der Waals surface area contributed by atoms with Crippen LogP contribution in [0.25, 0.3) is 0 Å². The number of rotatable bonds is 5. The van der Waals surface area contributed by atoms with Gasteiger partial charge in [0.25, 0.3) is 0 Å². The lowest BCUT2D eigenvalue weighted by atomic mass is 10.2. The van der Waals surface area contributed by atoms with Crippen LogP contribution in [0, 0.1) is 0 Å². The van der Waals surface area contributed by atoms with Gasteiger partial charge in [-0.2, -0.15) is 5.10 Å². The molecular weight excluding hydrogens is 212 g/mol. The van der Waals surface area contributed by atoms with E-state index >= 15 is 0 Å². The fraction of sp³-hybridized carbons (Fsp3) is 0.385. The first kappa shape index (κ1) is 11.8. The molecule has 0 amide bonds. The predicted molar refractivity (Wildman–Crippen MR) is 67.7 cm³/mol. The van der Waals surface area contributed by atoms with Crippen LogP contribution in [-0.4, -0.2) is 21.3 Å². The standard InChI is InChI=1S/C13H18N4/c1-3-15-11(2)13-8-16-17(10-13)9-12-5-4-6-14-7-12/h4-8,10-11,15H,3,9H2,1-2H3. The zero-order valence-electron chi connectivity index (χ0n) is 10.3. The minimum atomic E-state index is 0.350. The molecule has 4 heteroatoms. The third-order valence-electron chi connectivity index (χ3n) is 2.73. The lowest BCUT2D eigenvalue weighted by Gasteiger charge is -2.08. The van der Waals surface area contributed by atoms with Crippen molar-refractivity contribution in [2.75, 3.05) is 6.54 Å². The van der Waals surface area contributed by atoms with Crippen LogP contribution in [0.15, 0.2) is 36.9 Å². The molecule has 17 heavy (non-hydrogen) atoms. The van der Waals surface area contributed by atoms with Gasteiger partial charge >= 0.3 is 0 Å². The van der Waals surface area contributed by atoms with Gasteiger partial charge in [0, 0.05) is 30.2 Å². The van der Waals surface area contributed by atoms with Crippen LogP contribution in [0.4, 0.5) is 0 Å². The van der Waals surface area contributed by atoms with E-state index in [-0.39, 0.29) is 0 Å². The third-order valence-corrected chi connectivity index (χ3v) is 2.73. The number of nitrogens with zero attached hydrogens (tertiary/aromatic N) is 3. The van der Waals surface area contributed by atoms with E-state index < -0.39 is 0 Å². The summed E-state index contributed by atoms with van der Waals surface area (Å²) in [5.74, 6) is 0. The van der Waals surface area contributed by atoms with E-state index in [0.717, 1.165) is 13.1 Å². The first-order chi connectivity index (χ1) is 8.29. The molecule has 1 atom stereocenters. The van der Waals surface area contributed by atoms with E-state index in [1.807, 2.05) is 23.1 Å². The van der Waals surface area contributed by atoms with Crippen LogP contribution in [0.2, 0.25) is 0 Å². The second-order valence-corrected chi connectivity index (χ2v) is 4.11. The van der Waals surface area contributed by atoms with Crippen LogP contribution < -0.4 is 5.32 Å². The van der Waals surface area contributed by atoms with Crippen molar-refractivity contribution in [2.45, 2.75) is 26.4 Å². The Labute approximate surface area is 102 Å².